The van der Waals surface area contributed by atoms with Gasteiger partial charge in [0.05, 0.1) is 14.0 Å². The molecule has 0 N–H and O–H groups in total. The van der Waals surface area contributed by atoms with Crippen molar-refractivity contribution in [3.8, 4) is 0 Å². The van der Waals surface area contributed by atoms with Crippen LogP contribution in [0.25, 0.3) is 0 Å². The summed E-state index contributed by atoms with van der Waals surface area (Å²) >= 11 is 0. The Kier molecular flexibility index (Phi) is 5.01. The van der Waals surface area contributed by atoms with Gasteiger partial charge in [-0.05, 0) is 6.66 Å². The lowest BCUT2D eigenvalue weighted by atomic mass is 9.93. The van der Waals surface area contributed by atoms with Gasteiger partial charge in [0.25, 0.3) is 0 Å². The van der Waals surface area contributed by atoms with Crippen LogP contribution in [-0.4, -0.2) is 59.7 Å². The van der Waals surface area contributed by atoms with Crippen molar-refractivity contribution in [2.24, 2.45) is 0 Å². The Balaban J connectivity index is 2.75. The third-order valence-electron chi connectivity index (χ3n) is 2.29. The second-order valence-corrected chi connectivity index (χ2v) is 6.12. The van der Waals surface area contributed by atoms with Gasteiger partial charge in [0.15, 0.2) is 0 Å². The molecule has 2 unspecified atom stereocenters. The van der Waals surface area contributed by atoms with Gasteiger partial charge in [-0.1, -0.05) is 0 Å². The fraction of sp³-hybridized carbons (Fsp3) is 0.889. The van der Waals surface area contributed by atoms with Crippen molar-refractivity contribution in [3.63, 3.8) is 0 Å². The predicted molar refractivity (Wildman–Crippen MR) is 60.8 cm³/mol. The van der Waals surface area contributed by atoms with Crippen molar-refractivity contribution in [2.75, 3.05) is 27.5 Å². The predicted octanol–water partition coefficient (Wildman–Crippen LogP) is 0.626. The van der Waals surface area contributed by atoms with Gasteiger partial charge in [-0.2, -0.15) is 0 Å². The lowest BCUT2D eigenvalue weighted by Crippen LogP contribution is -2.37. The molecule has 1 fully saturated rings. The molecule has 0 spiro atoms. The van der Waals surface area contributed by atoms with Crippen molar-refractivity contribution in [1.82, 2.24) is 0 Å². The molecule has 7 heteroatoms. The molecule has 0 aromatic heterocycles. The Morgan fingerprint density at radius 2 is 2.06 bits per heavy atom. The molecule has 5 atom stereocenters. The number of rotatable bonds is 5. The van der Waals surface area contributed by atoms with Gasteiger partial charge in [-0.15, -0.1) is 0 Å². The van der Waals surface area contributed by atoms with Crippen LogP contribution in [0.1, 0.15) is 0 Å². The lowest BCUT2D eigenvalue weighted by Gasteiger charge is -2.27. The smallest absolute Gasteiger partial charge is 0.119 e. The Hall–Kier alpha value is 0.135. The average Bonchev–Trinajstić information content (AvgIpc) is 2.41. The molecular formula is C9H17BO5P-. The fourth-order valence-electron chi connectivity index (χ4n) is 1.71. The SMILES string of the molecule is [B][C@@H]1O[C@H](COC)C(OP([CH2-])(C)=O)[C@@H]1OC. The molecule has 16 heavy (non-hydrogen) atoms. The van der Waals surface area contributed by atoms with E-state index in [1.165, 1.54) is 13.8 Å². The van der Waals surface area contributed by atoms with Gasteiger partial charge in [0.2, 0.25) is 0 Å². The van der Waals surface area contributed by atoms with Gasteiger partial charge in [0.1, 0.15) is 26.2 Å². The Morgan fingerprint density at radius 3 is 2.50 bits per heavy atom. The molecule has 0 saturated carbocycles. The quantitative estimate of drug-likeness (QED) is 0.405. The summed E-state index contributed by atoms with van der Waals surface area (Å²) in [5, 5.41) is 0. The number of hydrogen-bond donors (Lipinski definition) is 0. The molecule has 2 radical (unpaired) electrons. The van der Waals surface area contributed by atoms with Crippen LogP contribution < -0.4 is 0 Å². The molecule has 1 rings (SSSR count). The highest BCUT2D eigenvalue weighted by Gasteiger charge is 2.44. The molecule has 92 valence electrons. The molecule has 0 aromatic rings. The molecule has 0 amide bonds. The van der Waals surface area contributed by atoms with Gasteiger partial charge in [-0.3, -0.25) is 6.66 Å². The number of hydrogen-bond acceptors (Lipinski definition) is 5. The lowest BCUT2D eigenvalue weighted by molar-refractivity contribution is -0.0119. The van der Waals surface area contributed by atoms with Crippen molar-refractivity contribution >= 4 is 15.2 Å². The molecule has 0 aromatic carbocycles. The Bertz CT molecular complexity index is 269. The van der Waals surface area contributed by atoms with E-state index in [4.69, 9.17) is 26.6 Å². The number of ether oxygens (including phenoxy) is 3. The number of methoxy groups -OCH3 is 2. The maximum atomic E-state index is 11.6. The van der Waals surface area contributed by atoms with Crippen LogP contribution >= 0.6 is 7.37 Å². The summed E-state index contributed by atoms with van der Waals surface area (Å²) in [5.74, 6) is 0. The summed E-state index contributed by atoms with van der Waals surface area (Å²) in [7, 11) is 5.90. The van der Waals surface area contributed by atoms with Crippen LogP contribution in [-0.2, 0) is 23.3 Å². The molecule has 1 heterocycles. The normalized spacial score (nSPS) is 38.5. The second kappa shape index (κ2) is 5.65. The first kappa shape index (κ1) is 14.2. The maximum absolute atomic E-state index is 11.6. The highest BCUT2D eigenvalue weighted by molar-refractivity contribution is 7.59. The second-order valence-electron chi connectivity index (χ2n) is 3.88. The third-order valence-corrected chi connectivity index (χ3v) is 2.98. The van der Waals surface area contributed by atoms with E-state index in [-0.39, 0.29) is 6.10 Å². The summed E-state index contributed by atoms with van der Waals surface area (Å²) in [6.07, 6.45) is -1.37. The van der Waals surface area contributed by atoms with Gasteiger partial charge >= 0.3 is 0 Å². The monoisotopic (exact) mass is 247 g/mol. The molecule has 1 aliphatic rings. The molecule has 1 saturated heterocycles. The topological polar surface area (TPSA) is 54.0 Å². The van der Waals surface area contributed by atoms with Crippen molar-refractivity contribution < 1.29 is 23.3 Å². The minimum Gasteiger partial charge on any atom is -0.382 e. The summed E-state index contributed by atoms with van der Waals surface area (Å²) in [6.45, 7) is 5.20. The molecule has 0 bridgehead atoms. The average molecular weight is 247 g/mol. The zero-order valence-corrected chi connectivity index (χ0v) is 10.7. The van der Waals surface area contributed by atoms with Crippen LogP contribution in [0.3, 0.4) is 0 Å². The first-order valence-electron chi connectivity index (χ1n) is 4.92. The van der Waals surface area contributed by atoms with Crippen molar-refractivity contribution in [3.05, 3.63) is 6.66 Å². The van der Waals surface area contributed by atoms with Crippen LogP contribution in [0.2, 0.25) is 0 Å². The fourth-order valence-corrected chi connectivity index (χ4v) is 2.48. The largest absolute Gasteiger partial charge is 0.382 e. The van der Waals surface area contributed by atoms with E-state index < -0.39 is 25.6 Å². The van der Waals surface area contributed by atoms with Crippen LogP contribution in [0.5, 0.6) is 0 Å². The Morgan fingerprint density at radius 1 is 1.44 bits per heavy atom. The molecular weight excluding hydrogens is 230 g/mol. The summed E-state index contributed by atoms with van der Waals surface area (Å²) < 4.78 is 32.5. The summed E-state index contributed by atoms with van der Waals surface area (Å²) in [4.78, 5) is 0. The zero-order chi connectivity index (χ0) is 12.3. The summed E-state index contributed by atoms with van der Waals surface area (Å²) in [6, 6.07) is -0.610. The van der Waals surface area contributed by atoms with E-state index in [0.29, 0.717) is 6.61 Å². The molecule has 1 aliphatic heterocycles. The highest BCUT2D eigenvalue weighted by atomic mass is 31.2. The standard InChI is InChI=1S/C9H17BO5P/c1-12-5-6-7(15-16(3,4)11)8(13-2)9(10)14-6/h6-9H,3,5H2,1-2,4H3/q-1/t6-,7?,8+,9-,16?/m1/s1. The zero-order valence-electron chi connectivity index (χ0n) is 9.79. The van der Waals surface area contributed by atoms with E-state index in [1.54, 1.807) is 7.11 Å². The van der Waals surface area contributed by atoms with E-state index >= 15 is 0 Å². The van der Waals surface area contributed by atoms with Crippen molar-refractivity contribution in [2.45, 2.75) is 24.3 Å². The van der Waals surface area contributed by atoms with Crippen LogP contribution in [0.4, 0.5) is 0 Å². The minimum absolute atomic E-state index is 0.304. The molecule has 5 nitrogen and oxygen atoms in total. The van der Waals surface area contributed by atoms with Crippen LogP contribution in [0, 0.1) is 6.66 Å². The van der Waals surface area contributed by atoms with Gasteiger partial charge in [-0.25, -0.2) is 0 Å². The van der Waals surface area contributed by atoms with Crippen LogP contribution in [0.15, 0.2) is 0 Å². The van der Waals surface area contributed by atoms with Gasteiger partial charge < -0.3 is 23.3 Å². The minimum atomic E-state index is -2.87. The van der Waals surface area contributed by atoms with Gasteiger partial charge in [0, 0.05) is 20.2 Å². The third kappa shape index (κ3) is 3.57. The van der Waals surface area contributed by atoms with E-state index in [9.17, 15) is 4.57 Å². The maximum Gasteiger partial charge on any atom is 0.119 e. The first-order chi connectivity index (χ1) is 7.39. The Labute approximate surface area is 97.6 Å². The van der Waals surface area contributed by atoms with Crippen molar-refractivity contribution in [1.29, 1.82) is 0 Å². The molecule has 0 aliphatic carbocycles. The van der Waals surface area contributed by atoms with E-state index in [0.717, 1.165) is 0 Å². The highest BCUT2D eigenvalue weighted by Crippen LogP contribution is 2.45. The first-order valence-corrected chi connectivity index (χ1v) is 7.18. The van der Waals surface area contributed by atoms with E-state index in [2.05, 4.69) is 6.66 Å². The summed E-state index contributed by atoms with van der Waals surface area (Å²) in [5.41, 5.74) is 0. The van der Waals surface area contributed by atoms with E-state index in [1.807, 2.05) is 0 Å².